The van der Waals surface area contributed by atoms with Crippen LogP contribution in [0.2, 0.25) is 0 Å². The molecule has 5 nitrogen and oxygen atoms in total. The van der Waals surface area contributed by atoms with Crippen LogP contribution in [0.3, 0.4) is 0 Å². The van der Waals surface area contributed by atoms with Crippen LogP contribution in [-0.4, -0.2) is 21.3 Å². The summed E-state index contributed by atoms with van der Waals surface area (Å²) in [6.45, 7) is 1.76. The van der Waals surface area contributed by atoms with Gasteiger partial charge in [-0.3, -0.25) is 0 Å². The van der Waals surface area contributed by atoms with Gasteiger partial charge in [-0.05, 0) is 25.0 Å². The van der Waals surface area contributed by atoms with E-state index < -0.39 is 0 Å². The SMILES string of the molecule is c1ccc2c(c1)NCC(c1nnc3n1CCCCC3)O2. The summed E-state index contributed by atoms with van der Waals surface area (Å²) in [5.41, 5.74) is 1.05. The van der Waals surface area contributed by atoms with Crippen molar-refractivity contribution in [2.75, 3.05) is 11.9 Å². The van der Waals surface area contributed by atoms with Gasteiger partial charge in [0.1, 0.15) is 11.6 Å². The van der Waals surface area contributed by atoms with E-state index in [4.69, 9.17) is 4.74 Å². The van der Waals surface area contributed by atoms with Crippen molar-refractivity contribution >= 4 is 5.69 Å². The number of anilines is 1. The molecular weight excluding hydrogens is 252 g/mol. The van der Waals surface area contributed by atoms with Gasteiger partial charge in [-0.25, -0.2) is 0 Å². The van der Waals surface area contributed by atoms with E-state index in [0.29, 0.717) is 0 Å². The molecule has 104 valence electrons. The lowest BCUT2D eigenvalue weighted by atomic mass is 10.2. The summed E-state index contributed by atoms with van der Waals surface area (Å²) in [6, 6.07) is 8.04. The van der Waals surface area contributed by atoms with Crippen molar-refractivity contribution in [3.05, 3.63) is 35.9 Å². The Morgan fingerprint density at radius 2 is 2.10 bits per heavy atom. The van der Waals surface area contributed by atoms with Gasteiger partial charge in [0.2, 0.25) is 0 Å². The maximum absolute atomic E-state index is 6.10. The fourth-order valence-corrected chi connectivity index (χ4v) is 3.00. The van der Waals surface area contributed by atoms with Crippen molar-refractivity contribution in [1.82, 2.24) is 14.8 Å². The minimum Gasteiger partial charge on any atom is -0.478 e. The van der Waals surface area contributed by atoms with Gasteiger partial charge in [0.05, 0.1) is 12.2 Å². The quantitative estimate of drug-likeness (QED) is 0.865. The topological polar surface area (TPSA) is 52.0 Å². The molecule has 0 amide bonds. The van der Waals surface area contributed by atoms with E-state index in [0.717, 1.165) is 42.6 Å². The molecule has 2 aliphatic rings. The summed E-state index contributed by atoms with van der Waals surface area (Å²) in [6.07, 6.45) is 4.67. The second-order valence-corrected chi connectivity index (χ2v) is 5.42. The van der Waals surface area contributed by atoms with Crippen LogP contribution in [0.4, 0.5) is 5.69 Å². The highest BCUT2D eigenvalue weighted by molar-refractivity contribution is 5.57. The zero-order chi connectivity index (χ0) is 13.4. The Hall–Kier alpha value is -2.04. The summed E-state index contributed by atoms with van der Waals surface area (Å²) in [5, 5.41) is 12.2. The average Bonchev–Trinajstić information content (AvgIpc) is 2.75. The van der Waals surface area contributed by atoms with Gasteiger partial charge in [0.25, 0.3) is 0 Å². The van der Waals surface area contributed by atoms with Gasteiger partial charge in [-0.2, -0.15) is 0 Å². The van der Waals surface area contributed by atoms with Crippen LogP contribution in [0.15, 0.2) is 24.3 Å². The Morgan fingerprint density at radius 1 is 1.15 bits per heavy atom. The number of nitrogens with zero attached hydrogens (tertiary/aromatic N) is 3. The van der Waals surface area contributed by atoms with Gasteiger partial charge in [-0.15, -0.1) is 10.2 Å². The molecule has 0 saturated heterocycles. The standard InChI is InChI=1S/C15H18N4O/c1-2-8-14-17-18-15(19(14)9-5-1)13-10-16-11-6-3-4-7-12(11)20-13/h3-4,6-7,13,16H,1-2,5,8-10H2. The van der Waals surface area contributed by atoms with Crippen molar-refractivity contribution in [3.63, 3.8) is 0 Å². The highest BCUT2D eigenvalue weighted by atomic mass is 16.5. The summed E-state index contributed by atoms with van der Waals surface area (Å²) in [7, 11) is 0. The first-order valence-electron chi connectivity index (χ1n) is 7.33. The molecule has 3 heterocycles. The van der Waals surface area contributed by atoms with E-state index in [1.807, 2.05) is 24.3 Å². The van der Waals surface area contributed by atoms with E-state index in [9.17, 15) is 0 Å². The van der Waals surface area contributed by atoms with Crippen molar-refractivity contribution < 1.29 is 4.74 Å². The molecule has 5 heteroatoms. The number of hydrogen-bond acceptors (Lipinski definition) is 4. The first-order chi connectivity index (χ1) is 9.92. The fraction of sp³-hybridized carbons (Fsp3) is 0.467. The lowest BCUT2D eigenvalue weighted by Gasteiger charge is -2.27. The molecular formula is C15H18N4O. The lowest BCUT2D eigenvalue weighted by Crippen LogP contribution is -2.26. The van der Waals surface area contributed by atoms with Crippen LogP contribution in [0, 0.1) is 0 Å². The second-order valence-electron chi connectivity index (χ2n) is 5.42. The van der Waals surface area contributed by atoms with Crippen LogP contribution >= 0.6 is 0 Å². The van der Waals surface area contributed by atoms with Crippen molar-refractivity contribution in [3.8, 4) is 5.75 Å². The molecule has 1 aromatic carbocycles. The Balaban J connectivity index is 1.65. The van der Waals surface area contributed by atoms with Crippen LogP contribution in [0.25, 0.3) is 0 Å². The van der Waals surface area contributed by atoms with Gasteiger partial charge >= 0.3 is 0 Å². The van der Waals surface area contributed by atoms with E-state index in [-0.39, 0.29) is 6.10 Å². The first kappa shape index (κ1) is 11.8. The number of aromatic nitrogens is 3. The molecule has 2 aliphatic heterocycles. The van der Waals surface area contributed by atoms with Gasteiger partial charge in [0, 0.05) is 13.0 Å². The predicted octanol–water partition coefficient (Wildman–Crippen LogP) is 2.55. The maximum Gasteiger partial charge on any atom is 0.176 e. The summed E-state index contributed by atoms with van der Waals surface area (Å²) in [5.74, 6) is 2.97. The maximum atomic E-state index is 6.10. The Labute approximate surface area is 118 Å². The molecule has 0 bridgehead atoms. The third-order valence-corrected chi connectivity index (χ3v) is 4.06. The second kappa shape index (κ2) is 4.81. The molecule has 0 aliphatic carbocycles. The van der Waals surface area contributed by atoms with Crippen molar-refractivity contribution in [1.29, 1.82) is 0 Å². The molecule has 2 aromatic rings. The molecule has 1 aromatic heterocycles. The summed E-state index contributed by atoms with van der Waals surface area (Å²) >= 11 is 0. The number of rotatable bonds is 1. The summed E-state index contributed by atoms with van der Waals surface area (Å²) < 4.78 is 8.35. The number of aryl methyl sites for hydroxylation is 1. The van der Waals surface area contributed by atoms with Gasteiger partial charge in [0.15, 0.2) is 11.9 Å². The third-order valence-electron chi connectivity index (χ3n) is 4.06. The smallest absolute Gasteiger partial charge is 0.176 e. The minimum atomic E-state index is -0.0516. The van der Waals surface area contributed by atoms with E-state index in [1.165, 1.54) is 19.3 Å². The number of ether oxygens (including phenoxy) is 1. The molecule has 20 heavy (non-hydrogen) atoms. The van der Waals surface area contributed by atoms with E-state index in [1.54, 1.807) is 0 Å². The fourth-order valence-electron chi connectivity index (χ4n) is 3.00. The molecule has 4 rings (SSSR count). The van der Waals surface area contributed by atoms with E-state index >= 15 is 0 Å². The number of fused-ring (bicyclic) bond motifs is 2. The van der Waals surface area contributed by atoms with Crippen molar-refractivity contribution in [2.24, 2.45) is 0 Å². The zero-order valence-corrected chi connectivity index (χ0v) is 11.4. The highest BCUT2D eigenvalue weighted by Gasteiger charge is 2.27. The Morgan fingerprint density at radius 3 is 3.10 bits per heavy atom. The minimum absolute atomic E-state index is 0.0516. The van der Waals surface area contributed by atoms with Gasteiger partial charge in [-0.1, -0.05) is 18.6 Å². The molecule has 1 unspecified atom stereocenters. The predicted molar refractivity (Wildman–Crippen MR) is 75.9 cm³/mol. The Kier molecular flexibility index (Phi) is 2.83. The molecule has 1 N–H and O–H groups in total. The average molecular weight is 270 g/mol. The zero-order valence-electron chi connectivity index (χ0n) is 11.4. The third kappa shape index (κ3) is 1.94. The number of hydrogen-bond donors (Lipinski definition) is 1. The monoisotopic (exact) mass is 270 g/mol. The van der Waals surface area contributed by atoms with Crippen molar-refractivity contribution in [2.45, 2.75) is 38.3 Å². The Bertz CT molecular complexity index is 622. The number of nitrogens with one attached hydrogen (secondary N) is 1. The molecule has 0 radical (unpaired) electrons. The molecule has 1 atom stereocenters. The largest absolute Gasteiger partial charge is 0.478 e. The molecule has 0 fully saturated rings. The number of para-hydroxylation sites is 2. The highest BCUT2D eigenvalue weighted by Crippen LogP contribution is 2.33. The summed E-state index contributed by atoms with van der Waals surface area (Å²) in [4.78, 5) is 0. The first-order valence-corrected chi connectivity index (χ1v) is 7.33. The van der Waals surface area contributed by atoms with Crippen LogP contribution in [0.1, 0.15) is 37.0 Å². The number of benzene rings is 1. The van der Waals surface area contributed by atoms with Crippen LogP contribution < -0.4 is 10.1 Å². The van der Waals surface area contributed by atoms with E-state index in [2.05, 4.69) is 20.1 Å². The molecule has 0 saturated carbocycles. The lowest BCUT2D eigenvalue weighted by molar-refractivity contribution is 0.194. The van der Waals surface area contributed by atoms with Gasteiger partial charge < -0.3 is 14.6 Å². The van der Waals surface area contributed by atoms with Crippen LogP contribution in [-0.2, 0) is 13.0 Å². The van der Waals surface area contributed by atoms with Crippen LogP contribution in [0.5, 0.6) is 5.75 Å². The molecule has 0 spiro atoms. The normalized spacial score (nSPS) is 21.1.